The summed E-state index contributed by atoms with van der Waals surface area (Å²) in [5.74, 6) is -1.35. The number of rotatable bonds is 6. The van der Waals surface area contributed by atoms with E-state index in [4.69, 9.17) is 0 Å². The summed E-state index contributed by atoms with van der Waals surface area (Å²) < 4.78 is 39.3. The molecule has 2 aromatic carbocycles. The van der Waals surface area contributed by atoms with E-state index in [1.807, 2.05) is 18.4 Å². The number of nitrogens with zero attached hydrogens (tertiary/aromatic N) is 1. The highest BCUT2D eigenvalue weighted by Gasteiger charge is 2.25. The molecule has 0 radical (unpaired) electrons. The minimum absolute atomic E-state index is 0.417. The first-order valence-electron chi connectivity index (χ1n) is 7.00. The molecule has 128 valence electrons. The van der Waals surface area contributed by atoms with Crippen LogP contribution in [0.1, 0.15) is 0 Å². The lowest BCUT2D eigenvalue weighted by molar-refractivity contribution is -0.116. The first kappa shape index (κ1) is 18.4. The molecule has 0 unspecified atom stereocenters. The summed E-state index contributed by atoms with van der Waals surface area (Å²) in [4.78, 5) is 12.5. The molecule has 0 bridgehead atoms. The highest BCUT2D eigenvalue weighted by molar-refractivity contribution is 7.98. The second kappa shape index (κ2) is 7.78. The van der Waals surface area contributed by atoms with Gasteiger partial charge >= 0.3 is 0 Å². The van der Waals surface area contributed by atoms with Gasteiger partial charge in [0, 0.05) is 11.9 Å². The summed E-state index contributed by atoms with van der Waals surface area (Å²) >= 11 is 1.46. The van der Waals surface area contributed by atoms with Gasteiger partial charge in [0.15, 0.2) is 0 Å². The van der Waals surface area contributed by atoms with Gasteiger partial charge in [0.05, 0.1) is 12.2 Å². The van der Waals surface area contributed by atoms with Crippen molar-refractivity contribution in [2.45, 2.75) is 9.79 Å². The van der Waals surface area contributed by atoms with Crippen molar-refractivity contribution in [1.29, 1.82) is 0 Å². The molecule has 1 amide bonds. The zero-order chi connectivity index (χ0) is 17.7. The quantitative estimate of drug-likeness (QED) is 0.796. The van der Waals surface area contributed by atoms with E-state index in [0.717, 1.165) is 15.3 Å². The topological polar surface area (TPSA) is 66.5 Å². The standard InChI is InChI=1S/C16H17FN2O3S2/c1-19(24(21,22)15-10-6-3-7-12(15)17)11-16(20)18-13-8-4-5-9-14(13)23-2/h3-10H,11H2,1-2H3,(H,18,20). The first-order chi connectivity index (χ1) is 11.4. The van der Waals surface area contributed by atoms with Crippen LogP contribution in [0.15, 0.2) is 58.3 Å². The van der Waals surface area contributed by atoms with Crippen molar-refractivity contribution >= 4 is 33.4 Å². The van der Waals surface area contributed by atoms with Crippen LogP contribution in [-0.4, -0.2) is 38.5 Å². The van der Waals surface area contributed by atoms with Gasteiger partial charge in [-0.2, -0.15) is 4.31 Å². The van der Waals surface area contributed by atoms with Gasteiger partial charge in [-0.3, -0.25) is 4.79 Å². The number of hydrogen-bond donors (Lipinski definition) is 1. The summed E-state index contributed by atoms with van der Waals surface area (Å²) in [6, 6.07) is 12.3. The largest absolute Gasteiger partial charge is 0.324 e. The van der Waals surface area contributed by atoms with E-state index in [2.05, 4.69) is 5.32 Å². The maximum absolute atomic E-state index is 13.7. The highest BCUT2D eigenvalue weighted by Crippen LogP contribution is 2.24. The lowest BCUT2D eigenvalue weighted by Crippen LogP contribution is -2.35. The minimum Gasteiger partial charge on any atom is -0.324 e. The Morgan fingerprint density at radius 2 is 1.79 bits per heavy atom. The molecule has 0 fully saturated rings. The predicted molar refractivity (Wildman–Crippen MR) is 93.1 cm³/mol. The summed E-state index contributed by atoms with van der Waals surface area (Å²) in [7, 11) is -2.84. The second-order valence-electron chi connectivity index (χ2n) is 4.94. The molecule has 0 aliphatic carbocycles. The van der Waals surface area contributed by atoms with Crippen molar-refractivity contribution in [1.82, 2.24) is 4.31 Å². The molecule has 2 aromatic rings. The SMILES string of the molecule is CSc1ccccc1NC(=O)CN(C)S(=O)(=O)c1ccccc1F. The molecule has 5 nitrogen and oxygen atoms in total. The Labute approximate surface area is 144 Å². The monoisotopic (exact) mass is 368 g/mol. The van der Waals surface area contributed by atoms with Crippen LogP contribution in [0.4, 0.5) is 10.1 Å². The molecule has 0 heterocycles. The average Bonchev–Trinajstić information content (AvgIpc) is 2.55. The second-order valence-corrected chi connectivity index (χ2v) is 7.80. The van der Waals surface area contributed by atoms with E-state index in [-0.39, 0.29) is 0 Å². The Morgan fingerprint density at radius 3 is 2.46 bits per heavy atom. The average molecular weight is 368 g/mol. The molecule has 8 heteroatoms. The van der Waals surface area contributed by atoms with Crippen LogP contribution in [0, 0.1) is 5.82 Å². The van der Waals surface area contributed by atoms with E-state index in [1.54, 1.807) is 12.1 Å². The molecule has 0 atom stereocenters. The van der Waals surface area contributed by atoms with Crippen LogP contribution < -0.4 is 5.32 Å². The smallest absolute Gasteiger partial charge is 0.246 e. The number of halogens is 1. The Kier molecular flexibility index (Phi) is 5.98. The summed E-state index contributed by atoms with van der Waals surface area (Å²) in [6.45, 7) is -0.417. The maximum atomic E-state index is 13.7. The normalized spacial score (nSPS) is 11.5. The van der Waals surface area contributed by atoms with Crippen molar-refractivity contribution < 1.29 is 17.6 Å². The van der Waals surface area contributed by atoms with Crippen LogP contribution in [0.2, 0.25) is 0 Å². The highest BCUT2D eigenvalue weighted by atomic mass is 32.2. The lowest BCUT2D eigenvalue weighted by atomic mass is 10.3. The van der Waals surface area contributed by atoms with Crippen LogP contribution >= 0.6 is 11.8 Å². The number of anilines is 1. The Morgan fingerprint density at radius 1 is 1.17 bits per heavy atom. The van der Waals surface area contributed by atoms with Gasteiger partial charge in [0.2, 0.25) is 15.9 Å². The lowest BCUT2D eigenvalue weighted by Gasteiger charge is -2.17. The van der Waals surface area contributed by atoms with E-state index in [0.29, 0.717) is 5.69 Å². The van der Waals surface area contributed by atoms with E-state index in [9.17, 15) is 17.6 Å². The zero-order valence-corrected chi connectivity index (χ0v) is 14.8. The predicted octanol–water partition coefficient (Wildman–Crippen LogP) is 2.81. The Bertz CT molecular complexity index is 841. The van der Waals surface area contributed by atoms with Crippen molar-refractivity contribution in [3.05, 3.63) is 54.3 Å². The Hall–Kier alpha value is -1.90. The van der Waals surface area contributed by atoms with Gasteiger partial charge in [-0.05, 0) is 30.5 Å². The number of hydrogen-bond acceptors (Lipinski definition) is 4. The molecule has 2 rings (SSSR count). The van der Waals surface area contributed by atoms with Gasteiger partial charge in [-0.25, -0.2) is 12.8 Å². The number of benzene rings is 2. The molecule has 24 heavy (non-hydrogen) atoms. The third kappa shape index (κ3) is 4.14. The minimum atomic E-state index is -4.08. The van der Waals surface area contributed by atoms with Crippen LogP contribution in [0.3, 0.4) is 0 Å². The van der Waals surface area contributed by atoms with Crippen LogP contribution in [0.5, 0.6) is 0 Å². The molecule has 0 spiro atoms. The molecule has 0 saturated heterocycles. The zero-order valence-electron chi connectivity index (χ0n) is 13.2. The number of thioether (sulfide) groups is 1. The van der Waals surface area contributed by atoms with Crippen molar-refractivity contribution in [3.63, 3.8) is 0 Å². The third-order valence-corrected chi connectivity index (χ3v) is 5.90. The number of nitrogens with one attached hydrogen (secondary N) is 1. The molecule has 0 saturated carbocycles. The fraction of sp³-hybridized carbons (Fsp3) is 0.188. The van der Waals surface area contributed by atoms with Crippen molar-refractivity contribution in [2.75, 3.05) is 25.2 Å². The van der Waals surface area contributed by atoms with E-state index >= 15 is 0 Å². The third-order valence-electron chi connectivity index (χ3n) is 3.27. The molecule has 0 aliphatic rings. The summed E-state index contributed by atoms with van der Waals surface area (Å²) in [5, 5.41) is 2.67. The fourth-order valence-corrected chi connectivity index (χ4v) is 3.79. The molecular formula is C16H17FN2O3S2. The summed E-state index contributed by atoms with van der Waals surface area (Å²) in [5.41, 5.74) is 0.603. The van der Waals surface area contributed by atoms with Crippen molar-refractivity contribution in [3.8, 4) is 0 Å². The maximum Gasteiger partial charge on any atom is 0.246 e. The molecule has 1 N–H and O–H groups in total. The number of para-hydroxylation sites is 1. The molecule has 0 aromatic heterocycles. The first-order valence-corrected chi connectivity index (χ1v) is 9.66. The number of amides is 1. The summed E-state index contributed by atoms with van der Waals surface area (Å²) in [6.07, 6.45) is 1.87. The van der Waals surface area contributed by atoms with Gasteiger partial charge in [0.1, 0.15) is 10.7 Å². The number of carbonyl (C=O) groups is 1. The van der Waals surface area contributed by atoms with Gasteiger partial charge in [0.25, 0.3) is 0 Å². The molecule has 0 aliphatic heterocycles. The van der Waals surface area contributed by atoms with Gasteiger partial charge in [-0.15, -0.1) is 11.8 Å². The van der Waals surface area contributed by atoms with Gasteiger partial charge < -0.3 is 5.32 Å². The van der Waals surface area contributed by atoms with Crippen LogP contribution in [0.25, 0.3) is 0 Å². The van der Waals surface area contributed by atoms with Crippen LogP contribution in [-0.2, 0) is 14.8 Å². The van der Waals surface area contributed by atoms with Gasteiger partial charge in [-0.1, -0.05) is 24.3 Å². The number of sulfonamides is 1. The number of likely N-dealkylation sites (N-methyl/N-ethyl adjacent to an activating group) is 1. The molecular weight excluding hydrogens is 351 g/mol. The Balaban J connectivity index is 2.13. The number of carbonyl (C=O) groups excluding carboxylic acids is 1. The fourth-order valence-electron chi connectivity index (χ4n) is 2.05. The van der Waals surface area contributed by atoms with E-state index in [1.165, 1.54) is 37.0 Å². The van der Waals surface area contributed by atoms with Crippen molar-refractivity contribution in [2.24, 2.45) is 0 Å². The van der Waals surface area contributed by atoms with E-state index < -0.39 is 33.2 Å².